The minimum absolute atomic E-state index is 0.155. The SMILES string of the molecule is Cc1nc(C)c(C(C)NC2COc3cc(O)ccc32)s1. The molecule has 0 amide bonds. The number of rotatable bonds is 3. The molecule has 1 aliphatic heterocycles. The zero-order valence-electron chi connectivity index (χ0n) is 11.8. The van der Waals surface area contributed by atoms with E-state index in [-0.39, 0.29) is 17.8 Å². The summed E-state index contributed by atoms with van der Waals surface area (Å²) in [5.74, 6) is 1.01. The quantitative estimate of drug-likeness (QED) is 0.911. The maximum atomic E-state index is 9.47. The van der Waals surface area contributed by atoms with Gasteiger partial charge in [-0.25, -0.2) is 4.98 Å². The molecule has 0 saturated heterocycles. The van der Waals surface area contributed by atoms with Crippen molar-refractivity contribution in [3.8, 4) is 11.5 Å². The van der Waals surface area contributed by atoms with Crippen molar-refractivity contribution in [3.05, 3.63) is 39.3 Å². The van der Waals surface area contributed by atoms with Crippen molar-refractivity contribution in [1.29, 1.82) is 0 Å². The Kier molecular flexibility index (Phi) is 3.40. The number of ether oxygens (including phenoxy) is 1. The molecular formula is C15H18N2O2S. The molecule has 0 saturated carbocycles. The van der Waals surface area contributed by atoms with Gasteiger partial charge >= 0.3 is 0 Å². The number of hydrogen-bond donors (Lipinski definition) is 2. The number of nitrogens with one attached hydrogen (secondary N) is 1. The van der Waals surface area contributed by atoms with Crippen molar-refractivity contribution in [2.45, 2.75) is 32.9 Å². The van der Waals surface area contributed by atoms with Gasteiger partial charge in [0.25, 0.3) is 0 Å². The van der Waals surface area contributed by atoms with Gasteiger partial charge in [0, 0.05) is 22.5 Å². The van der Waals surface area contributed by atoms with E-state index in [9.17, 15) is 5.11 Å². The van der Waals surface area contributed by atoms with Crippen molar-refractivity contribution in [2.75, 3.05) is 6.61 Å². The van der Waals surface area contributed by atoms with E-state index in [4.69, 9.17) is 4.74 Å². The van der Waals surface area contributed by atoms with Crippen LogP contribution in [-0.4, -0.2) is 16.7 Å². The van der Waals surface area contributed by atoms with Crippen molar-refractivity contribution in [3.63, 3.8) is 0 Å². The lowest BCUT2D eigenvalue weighted by Crippen LogP contribution is -2.25. The number of aromatic hydroxyl groups is 1. The molecule has 106 valence electrons. The fourth-order valence-corrected chi connectivity index (χ4v) is 3.60. The fourth-order valence-electron chi connectivity index (χ4n) is 2.66. The summed E-state index contributed by atoms with van der Waals surface area (Å²) in [5.41, 5.74) is 2.20. The van der Waals surface area contributed by atoms with Crippen LogP contribution in [0.5, 0.6) is 11.5 Å². The average Bonchev–Trinajstić information content (AvgIpc) is 2.93. The Labute approximate surface area is 122 Å². The normalized spacial score (nSPS) is 18.6. The monoisotopic (exact) mass is 290 g/mol. The maximum Gasteiger partial charge on any atom is 0.127 e. The molecule has 2 unspecified atom stereocenters. The van der Waals surface area contributed by atoms with E-state index in [1.807, 2.05) is 19.9 Å². The molecule has 0 spiro atoms. The Bertz CT molecular complexity index is 639. The lowest BCUT2D eigenvalue weighted by Gasteiger charge is -2.18. The van der Waals surface area contributed by atoms with Gasteiger partial charge in [-0.15, -0.1) is 11.3 Å². The molecule has 2 heterocycles. The predicted molar refractivity (Wildman–Crippen MR) is 79.5 cm³/mol. The summed E-state index contributed by atoms with van der Waals surface area (Å²) in [6.07, 6.45) is 0. The molecule has 4 nitrogen and oxygen atoms in total. The van der Waals surface area contributed by atoms with Gasteiger partial charge in [-0.3, -0.25) is 5.32 Å². The smallest absolute Gasteiger partial charge is 0.127 e. The number of fused-ring (bicyclic) bond motifs is 1. The highest BCUT2D eigenvalue weighted by Gasteiger charge is 2.26. The second-order valence-electron chi connectivity index (χ2n) is 5.16. The highest BCUT2D eigenvalue weighted by atomic mass is 32.1. The van der Waals surface area contributed by atoms with E-state index >= 15 is 0 Å². The van der Waals surface area contributed by atoms with E-state index < -0.39 is 0 Å². The van der Waals surface area contributed by atoms with Gasteiger partial charge in [-0.2, -0.15) is 0 Å². The molecule has 1 aromatic carbocycles. The van der Waals surface area contributed by atoms with Gasteiger partial charge < -0.3 is 9.84 Å². The standard InChI is InChI=1S/C15H18N2O2S/c1-8-15(20-10(3)16-8)9(2)17-13-7-19-14-6-11(18)4-5-12(13)14/h4-6,9,13,17-18H,7H2,1-3H3. The first-order valence-electron chi connectivity index (χ1n) is 6.70. The van der Waals surface area contributed by atoms with Crippen LogP contribution in [0.1, 0.15) is 40.1 Å². The van der Waals surface area contributed by atoms with E-state index in [2.05, 4.69) is 17.2 Å². The minimum atomic E-state index is 0.155. The molecule has 0 aliphatic carbocycles. The molecule has 3 rings (SSSR count). The predicted octanol–water partition coefficient (Wildman–Crippen LogP) is 3.25. The summed E-state index contributed by atoms with van der Waals surface area (Å²) in [4.78, 5) is 5.75. The molecule has 2 atom stereocenters. The number of phenols is 1. The lowest BCUT2D eigenvalue weighted by atomic mass is 10.1. The van der Waals surface area contributed by atoms with E-state index in [0.717, 1.165) is 22.0 Å². The second-order valence-corrected chi connectivity index (χ2v) is 6.39. The number of aromatic nitrogens is 1. The average molecular weight is 290 g/mol. The summed E-state index contributed by atoms with van der Waals surface area (Å²) in [7, 11) is 0. The van der Waals surface area contributed by atoms with Crippen LogP contribution < -0.4 is 10.1 Å². The van der Waals surface area contributed by atoms with Crippen molar-refractivity contribution >= 4 is 11.3 Å². The van der Waals surface area contributed by atoms with Gasteiger partial charge in [-0.1, -0.05) is 0 Å². The molecule has 1 aliphatic rings. The van der Waals surface area contributed by atoms with Gasteiger partial charge in [-0.05, 0) is 32.9 Å². The number of benzene rings is 1. The summed E-state index contributed by atoms with van der Waals surface area (Å²) in [5, 5.41) is 14.2. The molecular weight excluding hydrogens is 272 g/mol. The van der Waals surface area contributed by atoms with Crippen LogP contribution in [0.25, 0.3) is 0 Å². The summed E-state index contributed by atoms with van der Waals surface area (Å²) < 4.78 is 5.63. The highest BCUT2D eigenvalue weighted by molar-refractivity contribution is 7.11. The number of aryl methyl sites for hydroxylation is 2. The maximum absolute atomic E-state index is 9.47. The fraction of sp³-hybridized carbons (Fsp3) is 0.400. The minimum Gasteiger partial charge on any atom is -0.508 e. The first-order valence-corrected chi connectivity index (χ1v) is 7.52. The molecule has 0 bridgehead atoms. The molecule has 2 aromatic rings. The first kappa shape index (κ1) is 13.4. The Balaban J connectivity index is 1.79. The Morgan fingerprint density at radius 2 is 2.25 bits per heavy atom. The van der Waals surface area contributed by atoms with Gasteiger partial charge in [0.2, 0.25) is 0 Å². The van der Waals surface area contributed by atoms with Gasteiger partial charge in [0.15, 0.2) is 0 Å². The molecule has 0 radical (unpaired) electrons. The third-order valence-electron chi connectivity index (χ3n) is 3.56. The summed E-state index contributed by atoms with van der Waals surface area (Å²) >= 11 is 1.74. The van der Waals surface area contributed by atoms with E-state index in [1.165, 1.54) is 4.88 Å². The zero-order valence-corrected chi connectivity index (χ0v) is 12.6. The number of thiazole rings is 1. The van der Waals surface area contributed by atoms with E-state index in [1.54, 1.807) is 23.5 Å². The van der Waals surface area contributed by atoms with Crippen LogP contribution in [0.4, 0.5) is 0 Å². The second kappa shape index (κ2) is 5.07. The largest absolute Gasteiger partial charge is 0.508 e. The van der Waals surface area contributed by atoms with Crippen molar-refractivity contribution in [1.82, 2.24) is 10.3 Å². The molecule has 5 heteroatoms. The first-order chi connectivity index (χ1) is 9.54. The summed E-state index contributed by atoms with van der Waals surface area (Å²) in [6.45, 7) is 6.83. The Morgan fingerprint density at radius 3 is 2.95 bits per heavy atom. The lowest BCUT2D eigenvalue weighted by molar-refractivity contribution is 0.300. The molecule has 1 aromatic heterocycles. The highest BCUT2D eigenvalue weighted by Crippen LogP contribution is 2.36. The van der Waals surface area contributed by atoms with Crippen LogP contribution in [0.15, 0.2) is 18.2 Å². The number of phenolic OH excluding ortho intramolecular Hbond substituents is 1. The molecule has 2 N–H and O–H groups in total. The van der Waals surface area contributed by atoms with Crippen molar-refractivity contribution < 1.29 is 9.84 Å². The zero-order chi connectivity index (χ0) is 14.3. The van der Waals surface area contributed by atoms with Crippen molar-refractivity contribution in [2.24, 2.45) is 0 Å². The third-order valence-corrected chi connectivity index (χ3v) is 4.82. The van der Waals surface area contributed by atoms with Crippen LogP contribution in [-0.2, 0) is 0 Å². The number of nitrogens with zero attached hydrogens (tertiary/aromatic N) is 1. The molecule has 0 fully saturated rings. The van der Waals surface area contributed by atoms with Gasteiger partial charge in [0.1, 0.15) is 18.1 Å². The van der Waals surface area contributed by atoms with Crippen LogP contribution >= 0.6 is 11.3 Å². The summed E-state index contributed by atoms with van der Waals surface area (Å²) in [6, 6.07) is 5.68. The Morgan fingerprint density at radius 1 is 1.45 bits per heavy atom. The van der Waals surface area contributed by atoms with Crippen LogP contribution in [0.2, 0.25) is 0 Å². The Hall–Kier alpha value is -1.59. The molecule has 20 heavy (non-hydrogen) atoms. The van der Waals surface area contributed by atoms with E-state index in [0.29, 0.717) is 6.61 Å². The number of hydrogen-bond acceptors (Lipinski definition) is 5. The van der Waals surface area contributed by atoms with Crippen LogP contribution in [0, 0.1) is 13.8 Å². The third kappa shape index (κ3) is 2.39. The topological polar surface area (TPSA) is 54.4 Å². The van der Waals surface area contributed by atoms with Crippen LogP contribution in [0.3, 0.4) is 0 Å². The van der Waals surface area contributed by atoms with Gasteiger partial charge in [0.05, 0.1) is 16.7 Å².